The Labute approximate surface area is 154 Å². The first kappa shape index (κ1) is 18.6. The van der Waals surface area contributed by atoms with Crippen LogP contribution in [0.5, 0.6) is 11.5 Å². The number of ether oxygens (including phenoxy) is 1. The molecule has 6 nitrogen and oxygen atoms in total. The van der Waals surface area contributed by atoms with Crippen molar-refractivity contribution < 1.29 is 23.1 Å². The molecule has 0 saturated heterocycles. The molecule has 1 aliphatic heterocycles. The van der Waals surface area contributed by atoms with Crippen LogP contribution >= 0.6 is 0 Å². The van der Waals surface area contributed by atoms with E-state index in [4.69, 9.17) is 10.5 Å². The van der Waals surface area contributed by atoms with Gasteiger partial charge in [0, 0.05) is 13.5 Å². The van der Waals surface area contributed by atoms with Crippen LogP contribution in [0.1, 0.15) is 23.1 Å². The number of para-hydroxylation sites is 1. The van der Waals surface area contributed by atoms with Crippen molar-refractivity contribution in [1.82, 2.24) is 5.32 Å². The van der Waals surface area contributed by atoms with Crippen LogP contribution < -0.4 is 20.7 Å². The predicted octanol–water partition coefficient (Wildman–Crippen LogP) is 3.28. The second-order valence-electron chi connectivity index (χ2n) is 6.32. The lowest BCUT2D eigenvalue weighted by Gasteiger charge is -2.33. The van der Waals surface area contributed by atoms with Crippen LogP contribution in [-0.2, 0) is 11.2 Å². The number of alkyl halides is 2. The first-order chi connectivity index (χ1) is 12.8. The van der Waals surface area contributed by atoms with Crippen LogP contribution in [0.4, 0.5) is 19.3 Å². The number of urea groups is 1. The number of rotatable bonds is 4. The molecule has 3 rings (SSSR count). The van der Waals surface area contributed by atoms with Crippen molar-refractivity contribution in [2.75, 3.05) is 11.9 Å². The SMILES string of the molecule is Cc1ccc2c(c1Oc1ccccc1C(F)F)N(C)C(=O)[C@H](NC(N)=O)C2. The van der Waals surface area contributed by atoms with E-state index in [1.54, 1.807) is 26.1 Å². The van der Waals surface area contributed by atoms with Crippen LogP contribution in [0, 0.1) is 6.92 Å². The van der Waals surface area contributed by atoms with Gasteiger partial charge in [-0.15, -0.1) is 0 Å². The van der Waals surface area contributed by atoms with Crippen molar-refractivity contribution in [1.29, 1.82) is 0 Å². The van der Waals surface area contributed by atoms with Gasteiger partial charge >= 0.3 is 6.03 Å². The van der Waals surface area contributed by atoms with Crippen molar-refractivity contribution in [2.45, 2.75) is 25.8 Å². The first-order valence-corrected chi connectivity index (χ1v) is 8.30. The van der Waals surface area contributed by atoms with Crippen LogP contribution in [0.3, 0.4) is 0 Å². The van der Waals surface area contributed by atoms with E-state index in [2.05, 4.69) is 5.32 Å². The molecule has 1 atom stereocenters. The van der Waals surface area contributed by atoms with Crippen LogP contribution in [0.2, 0.25) is 0 Å². The molecule has 27 heavy (non-hydrogen) atoms. The summed E-state index contributed by atoms with van der Waals surface area (Å²) in [6.07, 6.45) is -2.46. The van der Waals surface area contributed by atoms with Crippen LogP contribution in [-0.4, -0.2) is 25.0 Å². The molecule has 3 N–H and O–H groups in total. The van der Waals surface area contributed by atoms with E-state index in [0.717, 1.165) is 5.56 Å². The number of amides is 3. The van der Waals surface area contributed by atoms with Gasteiger partial charge in [-0.2, -0.15) is 0 Å². The molecule has 142 valence electrons. The maximum Gasteiger partial charge on any atom is 0.312 e. The van der Waals surface area contributed by atoms with Gasteiger partial charge in [0.2, 0.25) is 5.91 Å². The lowest BCUT2D eigenvalue weighted by atomic mass is 9.95. The molecule has 8 heteroatoms. The van der Waals surface area contributed by atoms with E-state index in [1.807, 2.05) is 6.07 Å². The summed E-state index contributed by atoms with van der Waals surface area (Å²) in [5.74, 6) is -0.00453. The second-order valence-corrected chi connectivity index (χ2v) is 6.32. The lowest BCUT2D eigenvalue weighted by molar-refractivity contribution is -0.120. The summed E-state index contributed by atoms with van der Waals surface area (Å²) in [6, 6.07) is 7.89. The van der Waals surface area contributed by atoms with E-state index < -0.39 is 18.5 Å². The average molecular weight is 375 g/mol. The number of anilines is 1. The van der Waals surface area contributed by atoms with E-state index in [0.29, 0.717) is 17.0 Å². The van der Waals surface area contributed by atoms with E-state index >= 15 is 0 Å². The Morgan fingerprint density at radius 2 is 2.00 bits per heavy atom. The molecular weight excluding hydrogens is 356 g/mol. The highest BCUT2D eigenvalue weighted by Crippen LogP contribution is 2.42. The summed E-state index contributed by atoms with van der Waals surface area (Å²) in [7, 11) is 1.54. The molecule has 1 aliphatic rings. The maximum atomic E-state index is 13.3. The molecular formula is C19H19F2N3O3. The van der Waals surface area contributed by atoms with Gasteiger partial charge in [-0.25, -0.2) is 13.6 Å². The highest BCUT2D eigenvalue weighted by molar-refractivity contribution is 6.03. The van der Waals surface area contributed by atoms with Gasteiger partial charge in [-0.05, 0) is 30.2 Å². The minimum atomic E-state index is -2.69. The standard InChI is InChI=1S/C19H19F2N3O3/c1-10-7-8-11-9-13(23-19(22)26)18(25)24(2)15(11)16(10)27-14-6-4-3-5-12(14)17(20)21/h3-8,13,17H,9H2,1-2H3,(H3,22,23,26)/t13-/m1/s1. The fraction of sp³-hybridized carbons (Fsp3) is 0.263. The third-order valence-corrected chi connectivity index (χ3v) is 4.48. The molecule has 0 saturated carbocycles. The maximum absolute atomic E-state index is 13.3. The summed E-state index contributed by atoms with van der Waals surface area (Å²) < 4.78 is 32.4. The molecule has 3 amide bonds. The molecule has 0 unspecified atom stereocenters. The third kappa shape index (κ3) is 3.55. The molecule has 0 spiro atoms. The number of nitrogens with zero attached hydrogens (tertiary/aromatic N) is 1. The lowest BCUT2D eigenvalue weighted by Crippen LogP contribution is -2.53. The highest BCUT2D eigenvalue weighted by atomic mass is 19.3. The van der Waals surface area contributed by atoms with Crippen molar-refractivity contribution in [3.8, 4) is 11.5 Å². The van der Waals surface area contributed by atoms with Crippen molar-refractivity contribution in [2.24, 2.45) is 5.73 Å². The van der Waals surface area contributed by atoms with Crippen molar-refractivity contribution in [3.05, 3.63) is 53.1 Å². The Hall–Kier alpha value is -3.16. The first-order valence-electron chi connectivity index (χ1n) is 8.30. The Balaban J connectivity index is 2.05. The molecule has 0 radical (unpaired) electrons. The predicted molar refractivity (Wildman–Crippen MR) is 96.3 cm³/mol. The number of primary amides is 1. The largest absolute Gasteiger partial charge is 0.454 e. The number of carbonyl (C=O) groups excluding carboxylic acids is 2. The quantitative estimate of drug-likeness (QED) is 0.860. The summed E-state index contributed by atoms with van der Waals surface area (Å²) in [5.41, 5.74) is 6.83. The van der Waals surface area contributed by atoms with Crippen molar-refractivity contribution >= 4 is 17.6 Å². The van der Waals surface area contributed by atoms with Gasteiger partial charge < -0.3 is 20.7 Å². The van der Waals surface area contributed by atoms with E-state index in [9.17, 15) is 18.4 Å². The Morgan fingerprint density at radius 3 is 2.67 bits per heavy atom. The van der Waals surface area contributed by atoms with Gasteiger partial charge in [-0.3, -0.25) is 4.79 Å². The number of benzene rings is 2. The van der Waals surface area contributed by atoms with Gasteiger partial charge in [0.05, 0.1) is 11.3 Å². The number of likely N-dealkylation sites (N-methyl/N-ethyl adjacent to an activating group) is 1. The Bertz CT molecular complexity index is 902. The van der Waals surface area contributed by atoms with Crippen LogP contribution in [0.25, 0.3) is 0 Å². The minimum absolute atomic E-state index is 0.0298. The summed E-state index contributed by atoms with van der Waals surface area (Å²) in [4.78, 5) is 25.1. The van der Waals surface area contributed by atoms with Crippen LogP contribution in [0.15, 0.2) is 36.4 Å². The number of hydrogen-bond acceptors (Lipinski definition) is 3. The number of nitrogens with one attached hydrogen (secondary N) is 1. The number of carbonyl (C=O) groups is 2. The molecule has 0 bridgehead atoms. The Morgan fingerprint density at radius 1 is 1.30 bits per heavy atom. The third-order valence-electron chi connectivity index (χ3n) is 4.48. The molecule has 0 aromatic heterocycles. The number of nitrogens with two attached hydrogens (primary N) is 1. The molecule has 0 aliphatic carbocycles. The molecule has 1 heterocycles. The zero-order valence-corrected chi connectivity index (χ0v) is 14.8. The normalized spacial score (nSPS) is 16.3. The zero-order chi connectivity index (χ0) is 19.7. The monoisotopic (exact) mass is 375 g/mol. The average Bonchev–Trinajstić information content (AvgIpc) is 2.61. The fourth-order valence-corrected chi connectivity index (χ4v) is 3.17. The number of aryl methyl sites for hydroxylation is 1. The topological polar surface area (TPSA) is 84.7 Å². The summed E-state index contributed by atoms with van der Waals surface area (Å²) >= 11 is 0. The van der Waals surface area contributed by atoms with Gasteiger partial charge in [0.25, 0.3) is 6.43 Å². The van der Waals surface area contributed by atoms with Crippen molar-refractivity contribution in [3.63, 3.8) is 0 Å². The Kier molecular flexibility index (Phi) is 4.98. The summed E-state index contributed by atoms with van der Waals surface area (Å²) in [6.45, 7) is 1.77. The molecule has 0 fully saturated rings. The minimum Gasteiger partial charge on any atom is -0.454 e. The zero-order valence-electron chi connectivity index (χ0n) is 14.8. The highest BCUT2D eigenvalue weighted by Gasteiger charge is 2.34. The summed E-state index contributed by atoms with van der Waals surface area (Å²) in [5, 5.41) is 2.42. The molecule has 2 aromatic carbocycles. The number of hydrogen-bond donors (Lipinski definition) is 2. The van der Waals surface area contributed by atoms with Gasteiger partial charge in [-0.1, -0.05) is 24.3 Å². The van der Waals surface area contributed by atoms with E-state index in [1.165, 1.54) is 23.1 Å². The van der Waals surface area contributed by atoms with Gasteiger partial charge in [0.1, 0.15) is 11.8 Å². The number of halogens is 2. The second kappa shape index (κ2) is 7.22. The number of fused-ring (bicyclic) bond motifs is 1. The van der Waals surface area contributed by atoms with Gasteiger partial charge in [0.15, 0.2) is 5.75 Å². The fourth-order valence-electron chi connectivity index (χ4n) is 3.17. The molecule has 2 aromatic rings. The smallest absolute Gasteiger partial charge is 0.312 e. The van der Waals surface area contributed by atoms with E-state index in [-0.39, 0.29) is 23.6 Å².